The van der Waals surface area contributed by atoms with Gasteiger partial charge in [0.05, 0.1) is 11.9 Å². The Morgan fingerprint density at radius 1 is 1.10 bits per heavy atom. The van der Waals surface area contributed by atoms with Gasteiger partial charge in [-0.1, -0.05) is 24.6 Å². The van der Waals surface area contributed by atoms with E-state index in [4.69, 9.17) is 0 Å². The highest BCUT2D eigenvalue weighted by Crippen LogP contribution is 2.26. The summed E-state index contributed by atoms with van der Waals surface area (Å²) in [6, 6.07) is 10.2. The van der Waals surface area contributed by atoms with E-state index in [9.17, 15) is 26.4 Å². The number of sulfonamides is 1. The van der Waals surface area contributed by atoms with Crippen LogP contribution < -0.4 is 14.4 Å². The molecule has 0 saturated carbocycles. The molecular weight excluding hydrogens is 409 g/mol. The number of nitrogens with zero attached hydrogens (tertiary/aromatic N) is 1. The molecule has 0 aliphatic carbocycles. The zero-order valence-electron chi connectivity index (χ0n) is 16.0. The van der Waals surface area contributed by atoms with Crippen molar-refractivity contribution in [3.8, 4) is 5.75 Å². The quantitative estimate of drug-likeness (QED) is 0.718. The second kappa shape index (κ2) is 8.73. The van der Waals surface area contributed by atoms with Gasteiger partial charge in [0.15, 0.2) is 0 Å². The molecule has 2 rings (SSSR count). The minimum absolute atomic E-state index is 0.183. The third-order valence-corrected chi connectivity index (χ3v) is 5.15. The summed E-state index contributed by atoms with van der Waals surface area (Å²) in [5, 5.41) is 2.53. The van der Waals surface area contributed by atoms with Gasteiger partial charge in [0.2, 0.25) is 15.9 Å². The Morgan fingerprint density at radius 2 is 1.66 bits per heavy atom. The number of aryl methyl sites for hydroxylation is 1. The van der Waals surface area contributed by atoms with E-state index in [1.807, 2.05) is 6.92 Å². The van der Waals surface area contributed by atoms with Gasteiger partial charge in [-0.15, -0.1) is 13.2 Å². The third-order valence-electron chi connectivity index (χ3n) is 3.97. The number of benzene rings is 2. The molecule has 0 aliphatic rings. The van der Waals surface area contributed by atoms with E-state index in [0.717, 1.165) is 28.3 Å². The van der Waals surface area contributed by atoms with Crippen LogP contribution in [0.25, 0.3) is 0 Å². The fourth-order valence-electron chi connectivity index (χ4n) is 2.72. The molecule has 10 heteroatoms. The Bertz CT molecular complexity index is 943. The second-order valence-electron chi connectivity index (χ2n) is 6.38. The summed E-state index contributed by atoms with van der Waals surface area (Å²) in [6.45, 7) is 3.52. The van der Waals surface area contributed by atoms with E-state index in [-0.39, 0.29) is 12.1 Å². The highest BCUT2D eigenvalue weighted by molar-refractivity contribution is 7.92. The van der Waals surface area contributed by atoms with Crippen molar-refractivity contribution in [3.63, 3.8) is 0 Å². The maximum Gasteiger partial charge on any atom is 0.573 e. The normalized spacial score (nSPS) is 12.9. The van der Waals surface area contributed by atoms with Crippen LogP contribution in [0.2, 0.25) is 0 Å². The van der Waals surface area contributed by atoms with Crippen LogP contribution in [0.3, 0.4) is 0 Å². The van der Waals surface area contributed by atoms with Crippen molar-refractivity contribution in [2.24, 2.45) is 0 Å². The van der Waals surface area contributed by atoms with Crippen LogP contribution in [0.4, 0.5) is 24.5 Å². The Morgan fingerprint density at radius 3 is 2.10 bits per heavy atom. The second-order valence-corrected chi connectivity index (χ2v) is 8.24. The standard InChI is InChI=1S/C19H21F3N2O4S/c1-4-17(24(29(3,26)27)15-9-5-13(2)6-10-15)18(25)23-14-7-11-16(12-8-14)28-19(20,21)22/h5-12,17H,4H2,1-3H3,(H,23,25). The number of anilines is 2. The summed E-state index contributed by atoms with van der Waals surface area (Å²) in [6.07, 6.45) is -3.63. The molecule has 6 nitrogen and oxygen atoms in total. The molecule has 0 aliphatic heterocycles. The Labute approximate surface area is 167 Å². The number of carbonyl (C=O) groups excluding carboxylic acids is 1. The van der Waals surface area contributed by atoms with E-state index < -0.39 is 34.1 Å². The van der Waals surface area contributed by atoms with Crippen LogP contribution in [0.15, 0.2) is 48.5 Å². The van der Waals surface area contributed by atoms with Gasteiger partial charge in [0.1, 0.15) is 11.8 Å². The van der Waals surface area contributed by atoms with Crippen molar-refractivity contribution in [2.75, 3.05) is 15.9 Å². The van der Waals surface area contributed by atoms with Crippen molar-refractivity contribution >= 4 is 27.3 Å². The lowest BCUT2D eigenvalue weighted by molar-refractivity contribution is -0.274. The maximum absolute atomic E-state index is 12.8. The van der Waals surface area contributed by atoms with Crippen LogP contribution in [-0.4, -0.2) is 33.0 Å². The molecule has 2 aromatic carbocycles. The van der Waals surface area contributed by atoms with Gasteiger partial charge in [-0.05, 0) is 49.7 Å². The molecule has 0 bridgehead atoms. The topological polar surface area (TPSA) is 75.7 Å². The molecule has 0 radical (unpaired) electrons. The molecule has 1 amide bonds. The highest BCUT2D eigenvalue weighted by Gasteiger charge is 2.32. The summed E-state index contributed by atoms with van der Waals surface area (Å²) < 4.78 is 66.3. The molecule has 2 aromatic rings. The first-order valence-corrected chi connectivity index (χ1v) is 10.5. The summed E-state index contributed by atoms with van der Waals surface area (Å²) >= 11 is 0. The summed E-state index contributed by atoms with van der Waals surface area (Å²) in [4.78, 5) is 12.8. The summed E-state index contributed by atoms with van der Waals surface area (Å²) in [5.74, 6) is -1.04. The monoisotopic (exact) mass is 430 g/mol. The average Bonchev–Trinajstić information content (AvgIpc) is 2.60. The molecule has 0 aromatic heterocycles. The minimum atomic E-state index is -4.82. The van der Waals surface area contributed by atoms with Crippen LogP contribution in [0.5, 0.6) is 5.75 Å². The van der Waals surface area contributed by atoms with Crippen molar-refractivity contribution < 1.29 is 31.1 Å². The zero-order valence-corrected chi connectivity index (χ0v) is 16.8. The molecular formula is C19H21F3N2O4S. The van der Waals surface area contributed by atoms with E-state index >= 15 is 0 Å². The molecule has 1 unspecified atom stereocenters. The number of amides is 1. The number of nitrogens with one attached hydrogen (secondary N) is 1. The molecule has 0 heterocycles. The van der Waals surface area contributed by atoms with Gasteiger partial charge in [0, 0.05) is 5.69 Å². The van der Waals surface area contributed by atoms with Crippen molar-refractivity contribution in [1.29, 1.82) is 0 Å². The van der Waals surface area contributed by atoms with Gasteiger partial charge in [-0.2, -0.15) is 0 Å². The van der Waals surface area contributed by atoms with Crippen molar-refractivity contribution in [2.45, 2.75) is 32.7 Å². The maximum atomic E-state index is 12.8. The Kier molecular flexibility index (Phi) is 6.78. The summed E-state index contributed by atoms with van der Waals surface area (Å²) in [5.41, 5.74) is 1.48. The van der Waals surface area contributed by atoms with Gasteiger partial charge >= 0.3 is 6.36 Å². The fraction of sp³-hybridized carbons (Fsp3) is 0.316. The number of hydrogen-bond acceptors (Lipinski definition) is 4. The number of hydrogen-bond donors (Lipinski definition) is 1. The van der Waals surface area contributed by atoms with Gasteiger partial charge in [0.25, 0.3) is 0 Å². The first kappa shape index (κ1) is 22.5. The number of alkyl halides is 3. The lowest BCUT2D eigenvalue weighted by Crippen LogP contribution is -2.47. The largest absolute Gasteiger partial charge is 0.573 e. The zero-order chi connectivity index (χ0) is 21.8. The Hall–Kier alpha value is -2.75. The lowest BCUT2D eigenvalue weighted by Gasteiger charge is -2.30. The van der Waals surface area contributed by atoms with Gasteiger partial charge < -0.3 is 10.1 Å². The van der Waals surface area contributed by atoms with Crippen molar-refractivity contribution in [1.82, 2.24) is 0 Å². The molecule has 0 spiro atoms. The molecule has 1 N–H and O–H groups in total. The smallest absolute Gasteiger partial charge is 0.406 e. The lowest BCUT2D eigenvalue weighted by atomic mass is 10.1. The first-order valence-electron chi connectivity index (χ1n) is 8.63. The van der Waals surface area contributed by atoms with Crippen molar-refractivity contribution in [3.05, 3.63) is 54.1 Å². The molecule has 158 valence electrons. The number of carbonyl (C=O) groups is 1. The predicted octanol–water partition coefficient (Wildman–Crippen LogP) is 4.08. The number of ether oxygens (including phenoxy) is 1. The van der Waals surface area contributed by atoms with Crippen LogP contribution in [0, 0.1) is 6.92 Å². The van der Waals surface area contributed by atoms with Crippen LogP contribution >= 0.6 is 0 Å². The molecule has 29 heavy (non-hydrogen) atoms. The minimum Gasteiger partial charge on any atom is -0.406 e. The molecule has 0 fully saturated rings. The van der Waals surface area contributed by atoms with Crippen LogP contribution in [0.1, 0.15) is 18.9 Å². The van der Waals surface area contributed by atoms with Gasteiger partial charge in [-0.25, -0.2) is 8.42 Å². The molecule has 1 atom stereocenters. The summed E-state index contributed by atoms with van der Waals surface area (Å²) in [7, 11) is -3.78. The molecule has 0 saturated heterocycles. The number of halogens is 3. The van der Waals surface area contributed by atoms with Crippen LogP contribution in [-0.2, 0) is 14.8 Å². The van der Waals surface area contributed by atoms with E-state index in [1.165, 1.54) is 12.1 Å². The van der Waals surface area contributed by atoms with E-state index in [2.05, 4.69) is 10.1 Å². The first-order chi connectivity index (χ1) is 13.4. The highest BCUT2D eigenvalue weighted by atomic mass is 32.2. The number of rotatable bonds is 7. The van der Waals surface area contributed by atoms with Gasteiger partial charge in [-0.3, -0.25) is 9.10 Å². The SMILES string of the molecule is CCC(C(=O)Nc1ccc(OC(F)(F)F)cc1)N(c1ccc(C)cc1)S(C)(=O)=O. The predicted molar refractivity (Wildman–Crippen MR) is 104 cm³/mol. The van der Waals surface area contributed by atoms with E-state index in [0.29, 0.717) is 5.69 Å². The third kappa shape index (κ3) is 6.38. The Balaban J connectivity index is 2.24. The fourth-order valence-corrected chi connectivity index (χ4v) is 3.93. The average molecular weight is 430 g/mol. The van der Waals surface area contributed by atoms with E-state index in [1.54, 1.807) is 31.2 Å².